The number of hydrogen-bond acceptors (Lipinski definition) is 4. The number of ether oxygens (including phenoxy) is 1. The van der Waals surface area contributed by atoms with Crippen molar-refractivity contribution >= 4 is 34.1 Å². The molecule has 0 unspecified atom stereocenters. The number of halogens is 1. The topological polar surface area (TPSA) is 55.4 Å². The van der Waals surface area contributed by atoms with Gasteiger partial charge in [0.25, 0.3) is 0 Å². The molecule has 104 valence electrons. The van der Waals surface area contributed by atoms with Crippen LogP contribution in [0.5, 0.6) is 0 Å². The number of nitrogens with one attached hydrogen (secondary N) is 1. The maximum absolute atomic E-state index is 11.5. The summed E-state index contributed by atoms with van der Waals surface area (Å²) in [5, 5.41) is 3.72. The average molecular weight is 302 g/mol. The molecule has 1 aliphatic heterocycles. The number of rotatable bonds is 3. The lowest BCUT2D eigenvalue weighted by molar-refractivity contribution is 0.0601. The molecule has 0 bridgehead atoms. The van der Waals surface area contributed by atoms with Gasteiger partial charge in [0.15, 0.2) is 0 Å². The van der Waals surface area contributed by atoms with E-state index in [1.54, 1.807) is 12.1 Å². The summed E-state index contributed by atoms with van der Waals surface area (Å²) >= 11 is 5.96. The van der Waals surface area contributed by atoms with Crippen LogP contribution in [-0.2, 0) is 15.5 Å². The monoisotopic (exact) mass is 301 g/mol. The third kappa shape index (κ3) is 3.70. The zero-order valence-electron chi connectivity index (χ0n) is 10.6. The highest BCUT2D eigenvalue weighted by molar-refractivity contribution is 7.85. The number of carbonyl (C=O) groups is 1. The number of hydrogen-bond donors (Lipinski definition) is 1. The van der Waals surface area contributed by atoms with Crippen molar-refractivity contribution in [3.05, 3.63) is 28.8 Å². The van der Waals surface area contributed by atoms with Gasteiger partial charge in [0.1, 0.15) is 0 Å². The van der Waals surface area contributed by atoms with Crippen LogP contribution in [0.2, 0.25) is 5.02 Å². The van der Waals surface area contributed by atoms with Gasteiger partial charge in [0.2, 0.25) is 0 Å². The van der Waals surface area contributed by atoms with E-state index in [1.165, 1.54) is 7.11 Å². The van der Waals surface area contributed by atoms with Crippen molar-refractivity contribution in [1.29, 1.82) is 0 Å². The molecule has 1 saturated heterocycles. The Labute approximate surface area is 119 Å². The summed E-state index contributed by atoms with van der Waals surface area (Å²) in [5.74, 6) is 1.02. The third-order valence-corrected chi connectivity index (χ3v) is 4.84. The second kappa shape index (κ2) is 6.39. The highest BCUT2D eigenvalue weighted by Gasteiger charge is 2.18. The van der Waals surface area contributed by atoms with Gasteiger partial charge < -0.3 is 10.1 Å². The first-order chi connectivity index (χ1) is 9.10. The minimum Gasteiger partial charge on any atom is -0.465 e. The fourth-order valence-electron chi connectivity index (χ4n) is 2.06. The maximum atomic E-state index is 11.5. The van der Waals surface area contributed by atoms with Crippen molar-refractivity contribution in [2.45, 2.75) is 18.9 Å². The van der Waals surface area contributed by atoms with E-state index in [4.69, 9.17) is 11.6 Å². The fraction of sp³-hybridized carbons (Fsp3) is 0.462. The van der Waals surface area contributed by atoms with Crippen LogP contribution in [-0.4, -0.2) is 34.8 Å². The van der Waals surface area contributed by atoms with Crippen molar-refractivity contribution < 1.29 is 13.7 Å². The molecular weight excluding hydrogens is 286 g/mol. The number of carbonyl (C=O) groups excluding carboxylic acids is 1. The molecule has 19 heavy (non-hydrogen) atoms. The van der Waals surface area contributed by atoms with Crippen molar-refractivity contribution in [2.24, 2.45) is 0 Å². The van der Waals surface area contributed by atoms with Gasteiger partial charge in [-0.15, -0.1) is 0 Å². The Morgan fingerprint density at radius 1 is 1.42 bits per heavy atom. The maximum Gasteiger partial charge on any atom is 0.339 e. The largest absolute Gasteiger partial charge is 0.465 e. The van der Waals surface area contributed by atoms with E-state index in [0.717, 1.165) is 30.0 Å². The predicted molar refractivity (Wildman–Crippen MR) is 77.3 cm³/mol. The Balaban J connectivity index is 2.08. The summed E-state index contributed by atoms with van der Waals surface area (Å²) in [4.78, 5) is 11.5. The average Bonchev–Trinajstić information content (AvgIpc) is 2.42. The van der Waals surface area contributed by atoms with Crippen LogP contribution in [0.25, 0.3) is 0 Å². The molecule has 4 nitrogen and oxygen atoms in total. The second-order valence-corrected chi connectivity index (χ2v) is 6.56. The lowest BCUT2D eigenvalue weighted by Gasteiger charge is -2.23. The summed E-state index contributed by atoms with van der Waals surface area (Å²) in [5.41, 5.74) is 1.19. The van der Waals surface area contributed by atoms with Gasteiger partial charge in [-0.3, -0.25) is 4.21 Å². The van der Waals surface area contributed by atoms with Gasteiger partial charge in [-0.05, 0) is 31.0 Å². The van der Waals surface area contributed by atoms with Gasteiger partial charge in [-0.25, -0.2) is 4.79 Å². The molecule has 1 aliphatic rings. The number of esters is 1. The van der Waals surface area contributed by atoms with E-state index in [9.17, 15) is 9.00 Å². The molecule has 0 atom stereocenters. The van der Waals surface area contributed by atoms with E-state index in [2.05, 4.69) is 10.1 Å². The van der Waals surface area contributed by atoms with E-state index >= 15 is 0 Å². The Hall–Kier alpha value is -1.07. The summed E-state index contributed by atoms with van der Waals surface area (Å²) in [6, 6.07) is 5.50. The third-order valence-electron chi connectivity index (χ3n) is 3.13. The van der Waals surface area contributed by atoms with Crippen LogP contribution in [0.1, 0.15) is 23.2 Å². The molecule has 1 N–H and O–H groups in total. The molecule has 1 heterocycles. The molecule has 1 fully saturated rings. The van der Waals surface area contributed by atoms with Crippen molar-refractivity contribution in [3.8, 4) is 0 Å². The quantitative estimate of drug-likeness (QED) is 0.871. The zero-order chi connectivity index (χ0) is 13.8. The lowest BCUT2D eigenvalue weighted by atomic mass is 10.1. The molecule has 0 radical (unpaired) electrons. The van der Waals surface area contributed by atoms with Crippen LogP contribution in [0.15, 0.2) is 18.2 Å². The van der Waals surface area contributed by atoms with Crippen molar-refractivity contribution in [1.82, 2.24) is 0 Å². The Morgan fingerprint density at radius 2 is 2.11 bits per heavy atom. The standard InChI is InChI=1S/C13H16ClNO3S/c1-18-13(16)11-8-10(2-3-12(11)14)15-9-4-6-19(17)7-5-9/h2-3,8-9,15H,4-7H2,1H3. The predicted octanol–water partition coefficient (Wildman–Crippen LogP) is 2.45. The van der Waals surface area contributed by atoms with Gasteiger partial charge in [0, 0.05) is 34.0 Å². The molecular formula is C13H16ClNO3S. The number of methoxy groups -OCH3 is 1. The summed E-state index contributed by atoms with van der Waals surface area (Å²) in [6.45, 7) is 0. The first-order valence-corrected chi connectivity index (χ1v) is 7.96. The van der Waals surface area contributed by atoms with Crippen LogP contribution in [0.3, 0.4) is 0 Å². The molecule has 1 aromatic carbocycles. The first-order valence-electron chi connectivity index (χ1n) is 6.09. The highest BCUT2D eigenvalue weighted by Crippen LogP contribution is 2.23. The molecule has 0 amide bonds. The minimum absolute atomic E-state index is 0.296. The Morgan fingerprint density at radius 3 is 2.74 bits per heavy atom. The van der Waals surface area contributed by atoms with E-state index in [-0.39, 0.29) is 0 Å². The SMILES string of the molecule is COC(=O)c1cc(NC2CCS(=O)CC2)ccc1Cl. The summed E-state index contributed by atoms with van der Waals surface area (Å²) in [7, 11) is 0.658. The number of benzene rings is 1. The molecule has 0 spiro atoms. The summed E-state index contributed by atoms with van der Waals surface area (Å²) in [6.07, 6.45) is 1.76. The summed E-state index contributed by atoms with van der Waals surface area (Å²) < 4.78 is 16.0. The first kappa shape index (κ1) is 14.3. The smallest absolute Gasteiger partial charge is 0.339 e. The molecule has 0 aliphatic carbocycles. The zero-order valence-corrected chi connectivity index (χ0v) is 12.2. The van der Waals surface area contributed by atoms with Crippen molar-refractivity contribution in [2.75, 3.05) is 23.9 Å². The normalized spacial score (nSPS) is 22.8. The van der Waals surface area contributed by atoms with E-state index in [1.807, 2.05) is 6.07 Å². The second-order valence-electron chi connectivity index (χ2n) is 4.45. The van der Waals surface area contributed by atoms with E-state index < -0.39 is 16.8 Å². The van der Waals surface area contributed by atoms with Crippen molar-refractivity contribution in [3.63, 3.8) is 0 Å². The van der Waals surface area contributed by atoms with Gasteiger partial charge in [-0.1, -0.05) is 11.6 Å². The van der Waals surface area contributed by atoms with Crippen LogP contribution in [0.4, 0.5) is 5.69 Å². The van der Waals surface area contributed by atoms with Gasteiger partial charge >= 0.3 is 5.97 Å². The van der Waals surface area contributed by atoms with Gasteiger partial charge in [-0.2, -0.15) is 0 Å². The molecule has 0 aromatic heterocycles. The molecule has 0 saturated carbocycles. The van der Waals surface area contributed by atoms with Crippen LogP contribution in [0, 0.1) is 0 Å². The lowest BCUT2D eigenvalue weighted by Crippen LogP contribution is -2.29. The van der Waals surface area contributed by atoms with Gasteiger partial charge in [0.05, 0.1) is 17.7 Å². The Kier molecular flexibility index (Phi) is 4.82. The molecule has 2 rings (SSSR count). The fourth-order valence-corrected chi connectivity index (χ4v) is 3.55. The highest BCUT2D eigenvalue weighted by atomic mass is 35.5. The Bertz CT molecular complexity index is 497. The van der Waals surface area contributed by atoms with Crippen LogP contribution >= 0.6 is 11.6 Å². The van der Waals surface area contributed by atoms with Crippen LogP contribution < -0.4 is 5.32 Å². The molecule has 6 heteroatoms. The van der Waals surface area contributed by atoms with E-state index in [0.29, 0.717) is 16.6 Å². The molecule has 1 aromatic rings. The number of anilines is 1. The minimum atomic E-state index is -0.671.